The van der Waals surface area contributed by atoms with E-state index in [0.29, 0.717) is 0 Å². The summed E-state index contributed by atoms with van der Waals surface area (Å²) in [5.74, 6) is 0. The first-order valence-electron chi connectivity index (χ1n) is 14.7. The van der Waals surface area contributed by atoms with Gasteiger partial charge in [0.05, 0.1) is 46.2 Å². The van der Waals surface area contributed by atoms with Crippen LogP contribution < -0.4 is 0 Å². The Morgan fingerprint density at radius 3 is 1.58 bits per heavy atom. The summed E-state index contributed by atoms with van der Waals surface area (Å²) in [4.78, 5) is 9.86. The van der Waals surface area contributed by atoms with Gasteiger partial charge in [0.15, 0.2) is 18.9 Å². The summed E-state index contributed by atoms with van der Waals surface area (Å²) >= 11 is 0. The first-order chi connectivity index (χ1) is 22.6. The van der Waals surface area contributed by atoms with Gasteiger partial charge in [-0.2, -0.15) is 0 Å². The molecule has 3 aliphatic rings. The number of aliphatic hydroxyl groups excluding tert-OH is 13. The van der Waals surface area contributed by atoms with E-state index in [9.17, 15) is 70.7 Å². The van der Waals surface area contributed by atoms with Crippen LogP contribution in [-0.2, 0) is 42.0 Å². The highest BCUT2D eigenvalue weighted by Gasteiger charge is 2.54. The second-order valence-corrected chi connectivity index (χ2v) is 12.6. The fourth-order valence-electron chi connectivity index (χ4n) is 4.82. The van der Waals surface area contributed by atoms with E-state index in [1.54, 1.807) is 0 Å². The number of hydrogen-bond donors (Lipinski definition) is 14. The maximum atomic E-state index is 12.2. The molecule has 0 amide bonds. The summed E-state index contributed by atoms with van der Waals surface area (Å²) in [5, 5.41) is 130. The molecule has 48 heavy (non-hydrogen) atoms. The molecule has 284 valence electrons. The van der Waals surface area contributed by atoms with Gasteiger partial charge in [-0.1, -0.05) is 0 Å². The van der Waals surface area contributed by atoms with Crippen LogP contribution in [0.15, 0.2) is 0 Å². The Morgan fingerprint density at radius 1 is 0.562 bits per heavy atom. The zero-order valence-electron chi connectivity index (χ0n) is 25.1. The van der Waals surface area contributed by atoms with E-state index >= 15 is 0 Å². The lowest BCUT2D eigenvalue weighted by Gasteiger charge is -2.48. The van der Waals surface area contributed by atoms with Crippen LogP contribution in [0.2, 0.25) is 0 Å². The summed E-state index contributed by atoms with van der Waals surface area (Å²) in [6.07, 6.45) is -30.9. The number of rotatable bonds is 17. The minimum Gasteiger partial charge on any atom is -0.394 e. The summed E-state index contributed by atoms with van der Waals surface area (Å²) in [6.45, 7) is -5.82. The molecule has 0 aromatic carbocycles. The predicted molar refractivity (Wildman–Crippen MR) is 146 cm³/mol. The minimum absolute atomic E-state index is 0.686. The van der Waals surface area contributed by atoms with E-state index in [2.05, 4.69) is 4.52 Å². The number of hydrogen-bond acceptors (Lipinski definition) is 22. The zero-order chi connectivity index (χ0) is 35.9. The van der Waals surface area contributed by atoms with Crippen LogP contribution in [0.25, 0.3) is 0 Å². The lowest BCUT2D eigenvalue weighted by atomic mass is 9.96. The van der Waals surface area contributed by atoms with E-state index in [4.69, 9.17) is 38.1 Å². The van der Waals surface area contributed by atoms with Crippen molar-refractivity contribution in [2.24, 2.45) is 0 Å². The molecule has 3 fully saturated rings. The largest absolute Gasteiger partial charge is 0.472 e. The summed E-state index contributed by atoms with van der Waals surface area (Å²) in [5.41, 5.74) is 0. The molecule has 0 bridgehead atoms. The number of ether oxygens (including phenoxy) is 6. The number of phosphoric acid groups is 1. The fraction of sp³-hybridized carbons (Fsp3) is 1.00. The number of aliphatic hydroxyl groups is 13. The second-order valence-electron chi connectivity index (χ2n) is 11.2. The van der Waals surface area contributed by atoms with Gasteiger partial charge < -0.3 is 99.7 Å². The molecule has 3 unspecified atom stereocenters. The number of phosphoric ester groups is 1. The Morgan fingerprint density at radius 2 is 1.02 bits per heavy atom. The normalized spacial score (nSPS) is 43.4. The first-order valence-corrected chi connectivity index (χ1v) is 16.1. The van der Waals surface area contributed by atoms with Gasteiger partial charge in [0.2, 0.25) is 0 Å². The van der Waals surface area contributed by atoms with Crippen molar-refractivity contribution in [2.45, 2.75) is 104 Å². The average molecular weight is 733 g/mol. The molecule has 0 saturated carbocycles. The molecule has 24 heteroatoms. The molecule has 23 nitrogen and oxygen atoms in total. The van der Waals surface area contributed by atoms with Crippen molar-refractivity contribution in [1.29, 1.82) is 0 Å². The van der Waals surface area contributed by atoms with E-state index in [0.717, 1.165) is 0 Å². The van der Waals surface area contributed by atoms with E-state index in [1.807, 2.05) is 0 Å². The van der Waals surface area contributed by atoms with Gasteiger partial charge in [-0.3, -0.25) is 9.05 Å². The summed E-state index contributed by atoms with van der Waals surface area (Å²) in [7, 11) is -4.92. The van der Waals surface area contributed by atoms with Gasteiger partial charge in [0, 0.05) is 0 Å². The molecule has 0 aromatic heterocycles. The third-order valence-corrected chi connectivity index (χ3v) is 8.56. The third kappa shape index (κ3) is 10.5. The lowest BCUT2D eigenvalue weighted by Crippen LogP contribution is -2.67. The molecule has 3 rings (SSSR count). The van der Waals surface area contributed by atoms with Crippen molar-refractivity contribution in [3.63, 3.8) is 0 Å². The SMILES string of the molecule is O=P(O)(OCC(O)CO)OC[C@H]1O[C@H](OCC(O)CO)[C@H](O[C@H]2O[C@H](CO)[C@@H](O)[C@H](O)[C@H]2O[C@H]2O[C@H](CO)[C@@H](O)[C@H](O)[C@H]2O)[C@@H](O)[C@@H]1O. The Bertz CT molecular complexity index is 996. The average Bonchev–Trinajstić information content (AvgIpc) is 3.07. The van der Waals surface area contributed by atoms with E-state index < -0.39 is 158 Å². The van der Waals surface area contributed by atoms with Crippen LogP contribution in [0.3, 0.4) is 0 Å². The quantitative estimate of drug-likeness (QED) is 0.0617. The van der Waals surface area contributed by atoms with Gasteiger partial charge >= 0.3 is 7.82 Å². The maximum absolute atomic E-state index is 12.2. The summed E-state index contributed by atoms with van der Waals surface area (Å²) in [6, 6.07) is 0. The molecule has 3 saturated heterocycles. The van der Waals surface area contributed by atoms with Crippen molar-refractivity contribution < 1.29 is 113 Å². The van der Waals surface area contributed by atoms with Crippen LogP contribution in [0.5, 0.6) is 0 Å². The molecule has 0 spiro atoms. The Hall–Kier alpha value is -0.650. The first kappa shape index (κ1) is 41.8. The van der Waals surface area contributed by atoms with Crippen LogP contribution in [0.1, 0.15) is 0 Å². The van der Waals surface area contributed by atoms with Crippen LogP contribution in [0.4, 0.5) is 0 Å². The second kappa shape index (κ2) is 18.7. The lowest BCUT2D eigenvalue weighted by molar-refractivity contribution is -0.394. The zero-order valence-corrected chi connectivity index (χ0v) is 26.0. The Kier molecular flexibility index (Phi) is 16.3. The van der Waals surface area contributed by atoms with Gasteiger partial charge in [0.25, 0.3) is 0 Å². The van der Waals surface area contributed by atoms with E-state index in [1.165, 1.54) is 0 Å². The van der Waals surface area contributed by atoms with Gasteiger partial charge in [-0.05, 0) is 0 Å². The monoisotopic (exact) mass is 732 g/mol. The minimum atomic E-state index is -4.92. The Balaban J connectivity index is 1.84. The van der Waals surface area contributed by atoms with Gasteiger partial charge in [-0.15, -0.1) is 0 Å². The molecule has 0 radical (unpaired) electrons. The van der Waals surface area contributed by atoms with Gasteiger partial charge in [0.1, 0.15) is 85.5 Å². The third-order valence-electron chi connectivity index (χ3n) is 7.61. The smallest absolute Gasteiger partial charge is 0.394 e. The summed E-state index contributed by atoms with van der Waals surface area (Å²) < 4.78 is 54.5. The molecular weight excluding hydrogens is 687 g/mol. The van der Waals surface area contributed by atoms with Crippen molar-refractivity contribution in [3.8, 4) is 0 Å². The van der Waals surface area contributed by atoms with Crippen LogP contribution in [0, 0.1) is 0 Å². The molecule has 3 aliphatic heterocycles. The highest BCUT2D eigenvalue weighted by Crippen LogP contribution is 2.44. The molecule has 0 aromatic rings. The topological polar surface area (TPSA) is 374 Å². The van der Waals surface area contributed by atoms with Crippen molar-refractivity contribution in [1.82, 2.24) is 0 Å². The van der Waals surface area contributed by atoms with Crippen molar-refractivity contribution in [3.05, 3.63) is 0 Å². The molecule has 14 N–H and O–H groups in total. The molecule has 0 aliphatic carbocycles. The van der Waals surface area contributed by atoms with E-state index in [-0.39, 0.29) is 0 Å². The predicted octanol–water partition coefficient (Wildman–Crippen LogP) is -8.70. The fourth-order valence-corrected chi connectivity index (χ4v) is 5.59. The maximum Gasteiger partial charge on any atom is 0.472 e. The van der Waals surface area contributed by atoms with Gasteiger partial charge in [-0.25, -0.2) is 4.57 Å². The molecule has 3 heterocycles. The van der Waals surface area contributed by atoms with Crippen LogP contribution in [-0.4, -0.2) is 222 Å². The van der Waals surface area contributed by atoms with Crippen molar-refractivity contribution in [2.75, 3.05) is 46.2 Å². The molecular formula is C24H45O23P. The molecule has 18 atom stereocenters. The van der Waals surface area contributed by atoms with Crippen molar-refractivity contribution >= 4 is 7.82 Å². The highest BCUT2D eigenvalue weighted by molar-refractivity contribution is 7.47. The standard InChI is InChI=1S/C24H45O23P/c25-1-8(29)5-40-23-20(18(36)15(33)12(45-23)7-42-48(38,39)41-6-9(30)2-26)47-24-21(17(35)14(32)11(4-28)44-24)46-22-19(37)16(34)13(31)10(3-27)43-22/h8-37H,1-7H2,(H,38,39)/t8?,9?,10-,11-,12-,13-,14-,15-,16+,17+,18+,19-,20-,21-,22-,23+,24-/m1/s1. The Labute approximate surface area is 272 Å². The highest BCUT2D eigenvalue weighted by atomic mass is 31.2. The van der Waals surface area contributed by atoms with Crippen LogP contribution >= 0.6 is 7.82 Å².